The summed E-state index contributed by atoms with van der Waals surface area (Å²) in [6, 6.07) is 1.79. The molecule has 0 amide bonds. The number of aryl methyl sites for hydroxylation is 2. The van der Waals surface area contributed by atoms with Gasteiger partial charge in [-0.25, -0.2) is 19.9 Å². The van der Waals surface area contributed by atoms with Gasteiger partial charge in [-0.15, -0.1) is 0 Å². The van der Waals surface area contributed by atoms with Crippen LogP contribution in [0.3, 0.4) is 0 Å². The van der Waals surface area contributed by atoms with Crippen LogP contribution >= 0.6 is 0 Å². The number of hydrogen-bond acceptors (Lipinski definition) is 5. The fourth-order valence-corrected chi connectivity index (χ4v) is 1.62. The summed E-state index contributed by atoms with van der Waals surface area (Å²) in [5, 5.41) is 0. The molecule has 0 fully saturated rings. The largest absolute Gasteiger partial charge is 0.383 e. The SMILES string of the molecule is CCc1nc(-c2ccnc(C)n2)nc(N)c1C. The van der Waals surface area contributed by atoms with Crippen LogP contribution in [0.4, 0.5) is 5.82 Å². The van der Waals surface area contributed by atoms with Crippen LogP contribution in [0.25, 0.3) is 11.5 Å². The van der Waals surface area contributed by atoms with Gasteiger partial charge in [-0.3, -0.25) is 0 Å². The van der Waals surface area contributed by atoms with Gasteiger partial charge in [0.25, 0.3) is 0 Å². The van der Waals surface area contributed by atoms with Crippen LogP contribution < -0.4 is 5.73 Å². The third-order valence-electron chi connectivity index (χ3n) is 2.62. The predicted octanol–water partition coefficient (Wildman–Crippen LogP) is 1.70. The molecule has 0 aliphatic heterocycles. The van der Waals surface area contributed by atoms with Crippen molar-refractivity contribution >= 4 is 5.82 Å². The zero-order valence-electron chi connectivity index (χ0n) is 10.2. The van der Waals surface area contributed by atoms with Gasteiger partial charge in [-0.1, -0.05) is 6.92 Å². The van der Waals surface area contributed by atoms with Crippen LogP contribution in [-0.4, -0.2) is 19.9 Å². The van der Waals surface area contributed by atoms with Gasteiger partial charge >= 0.3 is 0 Å². The lowest BCUT2D eigenvalue weighted by Gasteiger charge is -2.08. The fourth-order valence-electron chi connectivity index (χ4n) is 1.62. The smallest absolute Gasteiger partial charge is 0.180 e. The number of aromatic nitrogens is 4. The Hall–Kier alpha value is -2.04. The van der Waals surface area contributed by atoms with E-state index in [0.29, 0.717) is 23.2 Å². The van der Waals surface area contributed by atoms with Crippen molar-refractivity contribution in [1.29, 1.82) is 0 Å². The van der Waals surface area contributed by atoms with E-state index in [9.17, 15) is 0 Å². The van der Waals surface area contributed by atoms with Crippen LogP contribution in [0.5, 0.6) is 0 Å². The summed E-state index contributed by atoms with van der Waals surface area (Å²) in [5.41, 5.74) is 8.49. The number of rotatable bonds is 2. The Balaban J connectivity index is 2.56. The summed E-state index contributed by atoms with van der Waals surface area (Å²) >= 11 is 0. The van der Waals surface area contributed by atoms with E-state index < -0.39 is 0 Å². The summed E-state index contributed by atoms with van der Waals surface area (Å²) < 4.78 is 0. The third-order valence-corrected chi connectivity index (χ3v) is 2.62. The van der Waals surface area contributed by atoms with E-state index in [2.05, 4.69) is 19.9 Å². The number of nitrogen functional groups attached to an aromatic ring is 1. The van der Waals surface area contributed by atoms with Gasteiger partial charge in [0.1, 0.15) is 17.3 Å². The van der Waals surface area contributed by atoms with Gasteiger partial charge < -0.3 is 5.73 Å². The molecule has 0 bridgehead atoms. The molecule has 88 valence electrons. The highest BCUT2D eigenvalue weighted by molar-refractivity contribution is 5.54. The summed E-state index contributed by atoms with van der Waals surface area (Å²) in [5.74, 6) is 1.78. The standard InChI is InChI=1S/C12H15N5/c1-4-9-7(2)11(13)17-12(16-9)10-5-6-14-8(3)15-10/h5-6H,4H2,1-3H3,(H2,13,16,17). The van der Waals surface area contributed by atoms with Crippen molar-refractivity contribution < 1.29 is 0 Å². The summed E-state index contributed by atoms with van der Waals surface area (Å²) in [4.78, 5) is 17.1. The van der Waals surface area contributed by atoms with Gasteiger partial charge in [0, 0.05) is 17.5 Å². The molecule has 5 nitrogen and oxygen atoms in total. The predicted molar refractivity (Wildman–Crippen MR) is 66.3 cm³/mol. The molecule has 0 aromatic carbocycles. The molecule has 0 spiro atoms. The Kier molecular flexibility index (Phi) is 2.99. The second kappa shape index (κ2) is 4.45. The maximum absolute atomic E-state index is 5.88. The first kappa shape index (κ1) is 11.4. The van der Waals surface area contributed by atoms with Crippen molar-refractivity contribution in [2.45, 2.75) is 27.2 Å². The Morgan fingerprint density at radius 1 is 1.18 bits per heavy atom. The van der Waals surface area contributed by atoms with Crippen LogP contribution in [0.1, 0.15) is 24.0 Å². The first-order valence-electron chi connectivity index (χ1n) is 5.54. The summed E-state index contributed by atoms with van der Waals surface area (Å²) in [6.07, 6.45) is 2.53. The van der Waals surface area contributed by atoms with Crippen LogP contribution in [0.15, 0.2) is 12.3 Å². The van der Waals surface area contributed by atoms with E-state index in [1.54, 1.807) is 12.3 Å². The Morgan fingerprint density at radius 2 is 1.94 bits per heavy atom. The van der Waals surface area contributed by atoms with Crippen molar-refractivity contribution in [3.63, 3.8) is 0 Å². The second-order valence-corrected chi connectivity index (χ2v) is 3.85. The quantitative estimate of drug-likeness (QED) is 0.848. The van der Waals surface area contributed by atoms with Gasteiger partial charge in [0.2, 0.25) is 0 Å². The third kappa shape index (κ3) is 2.22. The van der Waals surface area contributed by atoms with E-state index in [0.717, 1.165) is 17.7 Å². The minimum atomic E-state index is 0.517. The number of anilines is 1. The van der Waals surface area contributed by atoms with E-state index >= 15 is 0 Å². The highest BCUT2D eigenvalue weighted by Gasteiger charge is 2.10. The Morgan fingerprint density at radius 3 is 2.59 bits per heavy atom. The maximum Gasteiger partial charge on any atom is 0.180 e. The van der Waals surface area contributed by atoms with E-state index in [4.69, 9.17) is 5.73 Å². The minimum Gasteiger partial charge on any atom is -0.383 e. The molecule has 2 heterocycles. The molecule has 0 aliphatic carbocycles. The Labute approximate surface area is 100 Å². The normalized spacial score (nSPS) is 10.5. The van der Waals surface area contributed by atoms with Crippen LogP contribution in [0, 0.1) is 13.8 Å². The zero-order chi connectivity index (χ0) is 12.4. The van der Waals surface area contributed by atoms with E-state index in [1.807, 2.05) is 20.8 Å². The lowest BCUT2D eigenvalue weighted by atomic mass is 10.2. The number of hydrogen-bond donors (Lipinski definition) is 1. The number of nitrogens with two attached hydrogens (primary N) is 1. The van der Waals surface area contributed by atoms with Crippen LogP contribution in [-0.2, 0) is 6.42 Å². The van der Waals surface area contributed by atoms with Crippen molar-refractivity contribution in [3.8, 4) is 11.5 Å². The molecule has 2 rings (SSSR count). The summed E-state index contributed by atoms with van der Waals surface area (Å²) in [7, 11) is 0. The average Bonchev–Trinajstić information content (AvgIpc) is 2.32. The topological polar surface area (TPSA) is 77.6 Å². The summed E-state index contributed by atoms with van der Waals surface area (Å²) in [6.45, 7) is 5.81. The van der Waals surface area contributed by atoms with Crippen molar-refractivity contribution in [1.82, 2.24) is 19.9 Å². The molecule has 5 heteroatoms. The van der Waals surface area contributed by atoms with Crippen molar-refractivity contribution in [2.75, 3.05) is 5.73 Å². The van der Waals surface area contributed by atoms with Gasteiger partial charge in [0.05, 0.1) is 0 Å². The molecule has 2 aromatic rings. The number of nitrogens with zero attached hydrogens (tertiary/aromatic N) is 4. The maximum atomic E-state index is 5.88. The molecule has 0 aliphatic rings. The zero-order valence-corrected chi connectivity index (χ0v) is 10.2. The molecular formula is C12H15N5. The monoisotopic (exact) mass is 229 g/mol. The fraction of sp³-hybridized carbons (Fsp3) is 0.333. The molecule has 0 atom stereocenters. The van der Waals surface area contributed by atoms with Crippen molar-refractivity contribution in [2.24, 2.45) is 0 Å². The van der Waals surface area contributed by atoms with Gasteiger partial charge in [-0.2, -0.15) is 0 Å². The highest BCUT2D eigenvalue weighted by atomic mass is 15.0. The molecule has 17 heavy (non-hydrogen) atoms. The lowest BCUT2D eigenvalue weighted by molar-refractivity contribution is 0.965. The van der Waals surface area contributed by atoms with E-state index in [1.165, 1.54) is 0 Å². The molecule has 0 saturated heterocycles. The molecule has 0 saturated carbocycles. The van der Waals surface area contributed by atoms with Crippen LogP contribution in [0.2, 0.25) is 0 Å². The van der Waals surface area contributed by atoms with E-state index in [-0.39, 0.29) is 0 Å². The average molecular weight is 229 g/mol. The van der Waals surface area contributed by atoms with Crippen molar-refractivity contribution in [3.05, 3.63) is 29.3 Å². The van der Waals surface area contributed by atoms with Gasteiger partial charge in [0.15, 0.2) is 5.82 Å². The first-order valence-corrected chi connectivity index (χ1v) is 5.54. The second-order valence-electron chi connectivity index (χ2n) is 3.85. The lowest BCUT2D eigenvalue weighted by Crippen LogP contribution is -2.05. The molecule has 0 radical (unpaired) electrons. The first-order chi connectivity index (χ1) is 8.11. The molecular weight excluding hydrogens is 214 g/mol. The van der Waals surface area contributed by atoms with Gasteiger partial charge in [-0.05, 0) is 26.3 Å². The Bertz CT molecular complexity index is 551. The molecule has 2 N–H and O–H groups in total. The highest BCUT2D eigenvalue weighted by Crippen LogP contribution is 2.18. The molecule has 2 aromatic heterocycles. The molecule has 0 unspecified atom stereocenters. The minimum absolute atomic E-state index is 0.517.